The fourth-order valence-electron chi connectivity index (χ4n) is 5.94. The molecule has 0 spiro atoms. The van der Waals surface area contributed by atoms with Gasteiger partial charge in [-0.2, -0.15) is 18.2 Å². The summed E-state index contributed by atoms with van der Waals surface area (Å²) in [5.41, 5.74) is 0.874. The summed E-state index contributed by atoms with van der Waals surface area (Å²) in [4.78, 5) is 27.2. The molecular formula is C29H28F4N6O4. The highest BCUT2D eigenvalue weighted by Crippen LogP contribution is 2.38. The molecule has 4 N–H and O–H groups in total. The number of nitrogens with one attached hydrogen (secondary N) is 1. The van der Waals surface area contributed by atoms with E-state index in [4.69, 9.17) is 14.9 Å². The van der Waals surface area contributed by atoms with E-state index >= 15 is 4.39 Å². The van der Waals surface area contributed by atoms with E-state index in [1.54, 1.807) is 18.3 Å². The van der Waals surface area contributed by atoms with Crippen molar-refractivity contribution in [2.24, 2.45) is 0 Å². The Balaban J connectivity index is 0.000000423. The van der Waals surface area contributed by atoms with Crippen molar-refractivity contribution in [2.45, 2.75) is 43.6 Å². The molecule has 0 unspecified atom stereocenters. The lowest BCUT2D eigenvalue weighted by atomic mass is 10.00. The molecule has 3 aliphatic rings. The van der Waals surface area contributed by atoms with Gasteiger partial charge in [-0.1, -0.05) is 24.3 Å². The van der Waals surface area contributed by atoms with Gasteiger partial charge < -0.3 is 30.4 Å². The molecule has 0 amide bonds. The number of nitrogens with zero attached hydrogens (tertiary/aromatic N) is 5. The predicted molar refractivity (Wildman–Crippen MR) is 151 cm³/mol. The van der Waals surface area contributed by atoms with Crippen LogP contribution in [0.15, 0.2) is 42.6 Å². The SMILES string of the molecule is O=C(O)C(F)(F)F.OC[C@@H]1CCN1c1nc(N2C[C@H]3CC[C@@H](C2)N3)c2cnc(-c3cc(O)cc4ccccc34)c(F)c2n1. The number of aromatic nitrogens is 3. The third kappa shape index (κ3) is 5.47. The zero-order chi connectivity index (χ0) is 30.5. The highest BCUT2D eigenvalue weighted by molar-refractivity contribution is 6.00. The van der Waals surface area contributed by atoms with Crippen LogP contribution in [0.5, 0.6) is 5.75 Å². The van der Waals surface area contributed by atoms with Crippen LogP contribution < -0.4 is 15.1 Å². The van der Waals surface area contributed by atoms with E-state index in [9.17, 15) is 23.4 Å². The number of carboxylic acid groups (broad SMARTS) is 1. The molecule has 2 bridgehead atoms. The third-order valence-corrected chi connectivity index (χ3v) is 8.12. The number of anilines is 2. The Hall–Kier alpha value is -4.30. The minimum Gasteiger partial charge on any atom is -0.508 e. The number of phenols is 1. The number of piperazine rings is 1. The minimum atomic E-state index is -5.08. The fraction of sp³-hybridized carbons (Fsp3) is 0.379. The van der Waals surface area contributed by atoms with Gasteiger partial charge in [-0.3, -0.25) is 4.98 Å². The van der Waals surface area contributed by atoms with E-state index in [2.05, 4.69) is 20.2 Å². The van der Waals surface area contributed by atoms with Crippen LogP contribution in [-0.2, 0) is 4.79 Å². The number of aliphatic hydroxyl groups excluding tert-OH is 1. The van der Waals surface area contributed by atoms with Crippen molar-refractivity contribution in [3.05, 3.63) is 48.4 Å². The van der Waals surface area contributed by atoms with Crippen molar-refractivity contribution in [2.75, 3.05) is 36.0 Å². The van der Waals surface area contributed by atoms with Crippen molar-refractivity contribution in [1.29, 1.82) is 0 Å². The average molecular weight is 601 g/mol. The summed E-state index contributed by atoms with van der Waals surface area (Å²) in [7, 11) is 0. The lowest BCUT2D eigenvalue weighted by Crippen LogP contribution is -2.52. The molecule has 3 aliphatic heterocycles. The Morgan fingerprint density at radius 3 is 2.37 bits per heavy atom. The number of benzene rings is 2. The zero-order valence-electron chi connectivity index (χ0n) is 22.7. The second kappa shape index (κ2) is 11.1. The first kappa shape index (κ1) is 28.8. The van der Waals surface area contributed by atoms with Gasteiger partial charge in [0.15, 0.2) is 5.82 Å². The van der Waals surface area contributed by atoms with Gasteiger partial charge in [-0.25, -0.2) is 14.2 Å². The van der Waals surface area contributed by atoms with E-state index < -0.39 is 18.0 Å². The monoisotopic (exact) mass is 600 g/mol. The van der Waals surface area contributed by atoms with Crippen LogP contribution >= 0.6 is 0 Å². The number of carboxylic acids is 1. The Labute approximate surface area is 242 Å². The normalized spacial score (nSPS) is 21.5. The second-order valence-corrected chi connectivity index (χ2v) is 10.9. The molecule has 10 nitrogen and oxygen atoms in total. The number of fused-ring (bicyclic) bond motifs is 4. The first-order chi connectivity index (χ1) is 20.5. The molecule has 3 fully saturated rings. The average Bonchev–Trinajstić information content (AvgIpc) is 3.29. The van der Waals surface area contributed by atoms with Crippen molar-refractivity contribution >= 4 is 39.4 Å². The number of hydrogen-bond acceptors (Lipinski definition) is 9. The number of aliphatic hydroxyl groups is 1. The van der Waals surface area contributed by atoms with Gasteiger partial charge in [0.25, 0.3) is 0 Å². The van der Waals surface area contributed by atoms with Crippen LogP contribution in [0, 0.1) is 5.82 Å². The van der Waals surface area contributed by atoms with Crippen molar-refractivity contribution in [1.82, 2.24) is 20.3 Å². The largest absolute Gasteiger partial charge is 0.508 e. The maximum atomic E-state index is 16.3. The van der Waals surface area contributed by atoms with Crippen molar-refractivity contribution in [3.8, 4) is 17.0 Å². The molecule has 3 atom stereocenters. The van der Waals surface area contributed by atoms with Gasteiger partial charge in [0.05, 0.1) is 18.0 Å². The zero-order valence-corrected chi connectivity index (χ0v) is 22.7. The van der Waals surface area contributed by atoms with E-state index in [1.165, 1.54) is 0 Å². The maximum absolute atomic E-state index is 16.3. The van der Waals surface area contributed by atoms with E-state index in [0.717, 1.165) is 49.7 Å². The van der Waals surface area contributed by atoms with Crippen LogP contribution in [0.25, 0.3) is 32.9 Å². The number of alkyl halides is 3. The summed E-state index contributed by atoms with van der Waals surface area (Å²) in [5, 5.41) is 33.1. The number of carbonyl (C=O) groups is 1. The molecule has 7 rings (SSSR count). The van der Waals surface area contributed by atoms with Crippen LogP contribution in [0.2, 0.25) is 0 Å². The summed E-state index contributed by atoms with van der Waals surface area (Å²) in [6, 6.07) is 11.5. The Morgan fingerprint density at radius 2 is 1.74 bits per heavy atom. The molecule has 43 heavy (non-hydrogen) atoms. The molecule has 2 aromatic carbocycles. The quantitative estimate of drug-likeness (QED) is 0.256. The van der Waals surface area contributed by atoms with Gasteiger partial charge >= 0.3 is 12.1 Å². The first-order valence-electron chi connectivity index (χ1n) is 13.8. The molecule has 0 radical (unpaired) electrons. The molecule has 2 aromatic heterocycles. The molecule has 0 saturated carbocycles. The smallest absolute Gasteiger partial charge is 0.490 e. The summed E-state index contributed by atoms with van der Waals surface area (Å²) >= 11 is 0. The lowest BCUT2D eigenvalue weighted by molar-refractivity contribution is -0.192. The Bertz CT molecular complexity index is 1690. The molecular weight excluding hydrogens is 572 g/mol. The number of aliphatic carboxylic acids is 1. The fourth-order valence-corrected chi connectivity index (χ4v) is 5.94. The van der Waals surface area contributed by atoms with E-state index in [0.29, 0.717) is 34.8 Å². The van der Waals surface area contributed by atoms with Crippen LogP contribution in [0.3, 0.4) is 0 Å². The number of halogens is 4. The Kier molecular flexibility index (Phi) is 7.42. The number of rotatable bonds is 4. The van der Waals surface area contributed by atoms with Crippen LogP contribution in [-0.4, -0.2) is 86.8 Å². The van der Waals surface area contributed by atoms with Gasteiger partial charge in [0, 0.05) is 43.5 Å². The Morgan fingerprint density at radius 1 is 1.05 bits per heavy atom. The van der Waals surface area contributed by atoms with Crippen molar-refractivity contribution in [3.63, 3.8) is 0 Å². The molecule has 226 valence electrons. The lowest BCUT2D eigenvalue weighted by Gasteiger charge is -2.41. The van der Waals surface area contributed by atoms with Gasteiger partial charge in [0.1, 0.15) is 22.8 Å². The van der Waals surface area contributed by atoms with Crippen LogP contribution in [0.4, 0.5) is 29.3 Å². The number of pyridine rings is 1. The molecule has 0 aliphatic carbocycles. The minimum absolute atomic E-state index is 0.00781. The van der Waals surface area contributed by atoms with Gasteiger partial charge in [0.2, 0.25) is 5.95 Å². The van der Waals surface area contributed by atoms with Gasteiger partial charge in [-0.05, 0) is 42.2 Å². The molecule has 4 aromatic rings. The highest BCUT2D eigenvalue weighted by atomic mass is 19.4. The summed E-state index contributed by atoms with van der Waals surface area (Å²) in [6.07, 6.45) is -0.326. The molecule has 5 heterocycles. The standard InChI is InChI=1S/C27H27FN6O2.C2HF3O2/c28-23-24(21-10-19(36)9-15-3-1-2-4-20(15)21)29-11-22-25(23)31-27(34-8-7-18(34)14-35)32-26(22)33-12-16-5-6-17(13-33)30-16;3-2(4,5)1(6)7/h1-4,9-11,16-18,30,35-36H,5-8,12-14H2;(H,6,7)/t16-,17+,18-;/m0./s1. The predicted octanol–water partition coefficient (Wildman–Crippen LogP) is 3.83. The topological polar surface area (TPSA) is 135 Å². The van der Waals surface area contributed by atoms with E-state index in [1.807, 2.05) is 29.2 Å². The third-order valence-electron chi connectivity index (χ3n) is 8.12. The number of aromatic hydroxyl groups is 1. The highest BCUT2D eigenvalue weighted by Gasteiger charge is 2.38. The number of phenolic OH excluding ortho intramolecular Hbond substituents is 1. The first-order valence-corrected chi connectivity index (χ1v) is 13.8. The van der Waals surface area contributed by atoms with E-state index in [-0.39, 0.29) is 29.6 Å². The summed E-state index contributed by atoms with van der Waals surface area (Å²) in [6.45, 7) is 2.33. The van der Waals surface area contributed by atoms with Gasteiger partial charge in [-0.15, -0.1) is 0 Å². The summed E-state index contributed by atoms with van der Waals surface area (Å²) in [5.74, 6) is -2.11. The number of hydrogen-bond donors (Lipinski definition) is 4. The molecule has 14 heteroatoms. The van der Waals surface area contributed by atoms with Crippen molar-refractivity contribution < 1.29 is 37.7 Å². The summed E-state index contributed by atoms with van der Waals surface area (Å²) < 4.78 is 48.1. The maximum Gasteiger partial charge on any atom is 0.490 e. The molecule has 3 saturated heterocycles. The van der Waals surface area contributed by atoms with Crippen LogP contribution in [0.1, 0.15) is 19.3 Å². The second-order valence-electron chi connectivity index (χ2n) is 10.9.